The number of thiazole rings is 1. The van der Waals surface area contributed by atoms with Gasteiger partial charge in [-0.05, 0) is 54.5 Å². The number of fused-ring (bicyclic) bond motifs is 1. The second-order valence-electron chi connectivity index (χ2n) is 10.3. The molecule has 46 heavy (non-hydrogen) atoms. The summed E-state index contributed by atoms with van der Waals surface area (Å²) in [6, 6.07) is 26.9. The number of rotatable bonds is 9. The Morgan fingerprint density at radius 3 is 2.43 bits per heavy atom. The first-order chi connectivity index (χ1) is 22.4. The van der Waals surface area contributed by atoms with Crippen LogP contribution in [0.4, 0.5) is 4.39 Å². The van der Waals surface area contributed by atoms with Crippen LogP contribution in [0.15, 0.2) is 112 Å². The van der Waals surface area contributed by atoms with Crippen LogP contribution in [-0.4, -0.2) is 24.3 Å². The van der Waals surface area contributed by atoms with E-state index in [0.717, 1.165) is 5.56 Å². The van der Waals surface area contributed by atoms with E-state index in [4.69, 9.17) is 30.8 Å². The third kappa shape index (κ3) is 6.24. The number of hydrogen-bond acceptors (Lipinski definition) is 7. The van der Waals surface area contributed by atoms with Crippen LogP contribution in [0.3, 0.4) is 0 Å². The Labute approximate surface area is 273 Å². The molecule has 0 amide bonds. The van der Waals surface area contributed by atoms with E-state index in [9.17, 15) is 14.0 Å². The molecule has 0 N–H and O–H groups in total. The van der Waals surface area contributed by atoms with E-state index in [1.807, 2.05) is 36.4 Å². The van der Waals surface area contributed by atoms with Gasteiger partial charge in [0.05, 0.1) is 35.6 Å². The van der Waals surface area contributed by atoms with Gasteiger partial charge in [-0.25, -0.2) is 14.2 Å². The maximum Gasteiger partial charge on any atom is 0.338 e. The standard InChI is InChI=1S/C36H28ClFN2O5S/c1-3-44-35(42)30-31(23-8-5-4-6-9-23)39-36-40(32(30)24-14-16-26(37)17-15-24)34(41)29(46-36)20-25-10-7-11-28(43-2)33(25)45-21-22-12-18-27(38)19-13-22/h4-20,32H,3,21H2,1-2H3/b29-20-/t32-/m0/s1. The molecule has 0 saturated carbocycles. The number of ether oxygens (including phenoxy) is 3. The first kappa shape index (κ1) is 31.0. The smallest absolute Gasteiger partial charge is 0.338 e. The molecule has 0 saturated heterocycles. The molecule has 0 unspecified atom stereocenters. The summed E-state index contributed by atoms with van der Waals surface area (Å²) in [7, 11) is 1.53. The lowest BCUT2D eigenvalue weighted by Crippen LogP contribution is -2.40. The van der Waals surface area contributed by atoms with Crippen molar-refractivity contribution in [2.75, 3.05) is 13.7 Å². The molecule has 0 bridgehead atoms. The van der Waals surface area contributed by atoms with Gasteiger partial charge in [0.15, 0.2) is 16.3 Å². The number of carbonyl (C=O) groups is 1. The van der Waals surface area contributed by atoms with Crippen LogP contribution in [0.2, 0.25) is 5.02 Å². The summed E-state index contributed by atoms with van der Waals surface area (Å²) >= 11 is 7.43. The molecule has 0 spiro atoms. The van der Waals surface area contributed by atoms with Crippen LogP contribution in [0.25, 0.3) is 11.8 Å². The van der Waals surface area contributed by atoms with Crippen LogP contribution >= 0.6 is 22.9 Å². The highest BCUT2D eigenvalue weighted by atomic mass is 35.5. The molecule has 1 aromatic heterocycles. The summed E-state index contributed by atoms with van der Waals surface area (Å²) in [6.07, 6.45) is 1.72. The van der Waals surface area contributed by atoms with Gasteiger partial charge in [0, 0.05) is 16.1 Å². The Kier molecular flexibility index (Phi) is 9.14. The molecule has 1 aliphatic heterocycles. The normalized spacial score (nSPS) is 14.4. The van der Waals surface area contributed by atoms with Gasteiger partial charge in [-0.1, -0.05) is 89.7 Å². The fraction of sp³-hybridized carbons (Fsp3) is 0.139. The number of aromatic nitrogens is 1. The van der Waals surface area contributed by atoms with Gasteiger partial charge in [-0.3, -0.25) is 9.36 Å². The molecule has 0 fully saturated rings. The predicted molar refractivity (Wildman–Crippen MR) is 176 cm³/mol. The van der Waals surface area contributed by atoms with Crippen LogP contribution in [0, 0.1) is 5.82 Å². The summed E-state index contributed by atoms with van der Waals surface area (Å²) < 4.78 is 32.6. The molecule has 2 heterocycles. The van der Waals surface area contributed by atoms with Crippen LogP contribution in [0.5, 0.6) is 11.5 Å². The number of para-hydroxylation sites is 1. The second-order valence-corrected chi connectivity index (χ2v) is 11.7. The molecule has 1 aliphatic rings. The maximum atomic E-state index is 14.3. The summed E-state index contributed by atoms with van der Waals surface area (Å²) in [5.74, 6) is -0.00982. The fourth-order valence-electron chi connectivity index (χ4n) is 5.24. The van der Waals surface area contributed by atoms with Crippen molar-refractivity contribution in [1.29, 1.82) is 0 Å². The SMILES string of the molecule is CCOC(=O)C1=C(c2ccccc2)N=c2s/c(=C\c3cccc(OC)c3OCc3ccc(F)cc3)c(=O)n2[C@H]1c1ccc(Cl)cc1. The highest BCUT2D eigenvalue weighted by Crippen LogP contribution is 2.36. The molecular formula is C36H28ClFN2O5S. The average Bonchev–Trinajstić information content (AvgIpc) is 3.38. The van der Waals surface area contributed by atoms with Crippen molar-refractivity contribution in [2.45, 2.75) is 19.6 Å². The van der Waals surface area contributed by atoms with Gasteiger partial charge in [-0.2, -0.15) is 0 Å². The van der Waals surface area contributed by atoms with Crippen molar-refractivity contribution in [1.82, 2.24) is 4.57 Å². The van der Waals surface area contributed by atoms with Gasteiger partial charge >= 0.3 is 5.97 Å². The van der Waals surface area contributed by atoms with Gasteiger partial charge in [0.25, 0.3) is 5.56 Å². The van der Waals surface area contributed by atoms with Crippen molar-refractivity contribution in [3.63, 3.8) is 0 Å². The van der Waals surface area contributed by atoms with Crippen LogP contribution in [-0.2, 0) is 16.1 Å². The lowest BCUT2D eigenvalue weighted by Gasteiger charge is -2.26. The third-order valence-electron chi connectivity index (χ3n) is 7.37. The highest BCUT2D eigenvalue weighted by Gasteiger charge is 2.35. The fourth-order valence-corrected chi connectivity index (χ4v) is 6.36. The Bertz CT molecular complexity index is 2110. The zero-order chi connectivity index (χ0) is 32.2. The van der Waals surface area contributed by atoms with Gasteiger partial charge in [-0.15, -0.1) is 0 Å². The number of methoxy groups -OCH3 is 1. The molecule has 0 radical (unpaired) electrons. The lowest BCUT2D eigenvalue weighted by molar-refractivity contribution is -0.138. The highest BCUT2D eigenvalue weighted by molar-refractivity contribution is 7.07. The van der Waals surface area contributed by atoms with E-state index in [0.29, 0.717) is 48.2 Å². The van der Waals surface area contributed by atoms with Gasteiger partial charge < -0.3 is 14.2 Å². The average molecular weight is 655 g/mol. The number of hydrogen-bond donors (Lipinski definition) is 0. The first-order valence-electron chi connectivity index (χ1n) is 14.5. The molecule has 5 aromatic rings. The molecule has 0 aliphatic carbocycles. The van der Waals surface area contributed by atoms with Crippen molar-refractivity contribution < 1.29 is 23.4 Å². The summed E-state index contributed by atoms with van der Waals surface area (Å²) in [4.78, 5) is 33.2. The lowest BCUT2D eigenvalue weighted by atomic mass is 9.93. The molecular weight excluding hydrogens is 627 g/mol. The van der Waals surface area contributed by atoms with Crippen molar-refractivity contribution in [3.8, 4) is 11.5 Å². The Morgan fingerprint density at radius 2 is 1.74 bits per heavy atom. The topological polar surface area (TPSA) is 79.1 Å². The quantitative estimate of drug-likeness (QED) is 0.174. The Hall–Kier alpha value is -4.99. The van der Waals surface area contributed by atoms with E-state index in [-0.39, 0.29) is 30.2 Å². The number of esters is 1. The van der Waals surface area contributed by atoms with Gasteiger partial charge in [0.1, 0.15) is 12.4 Å². The van der Waals surface area contributed by atoms with Crippen molar-refractivity contribution in [3.05, 3.63) is 155 Å². The zero-order valence-electron chi connectivity index (χ0n) is 24.9. The largest absolute Gasteiger partial charge is 0.493 e. The van der Waals surface area contributed by atoms with Crippen molar-refractivity contribution in [2.24, 2.45) is 4.99 Å². The summed E-state index contributed by atoms with van der Waals surface area (Å²) in [5.41, 5.74) is 3.09. The summed E-state index contributed by atoms with van der Waals surface area (Å²) in [5, 5.41) is 0.521. The minimum absolute atomic E-state index is 0.151. The number of benzene rings is 4. The van der Waals surface area contributed by atoms with Crippen LogP contribution < -0.4 is 24.4 Å². The first-order valence-corrected chi connectivity index (χ1v) is 15.7. The van der Waals surface area contributed by atoms with E-state index in [2.05, 4.69) is 0 Å². The number of halogens is 2. The molecule has 6 rings (SSSR count). The van der Waals surface area contributed by atoms with E-state index in [1.165, 1.54) is 35.1 Å². The third-order valence-corrected chi connectivity index (χ3v) is 8.61. The minimum atomic E-state index is -0.829. The molecule has 10 heteroatoms. The van der Waals surface area contributed by atoms with E-state index >= 15 is 0 Å². The van der Waals surface area contributed by atoms with Crippen LogP contribution in [0.1, 0.15) is 35.2 Å². The predicted octanol–water partition coefficient (Wildman–Crippen LogP) is 6.32. The van der Waals surface area contributed by atoms with E-state index < -0.39 is 12.0 Å². The monoisotopic (exact) mass is 654 g/mol. The summed E-state index contributed by atoms with van der Waals surface area (Å²) in [6.45, 7) is 2.04. The van der Waals surface area contributed by atoms with Gasteiger partial charge in [0.2, 0.25) is 0 Å². The Balaban J connectivity index is 1.54. The molecule has 1 atom stereocenters. The maximum absolute atomic E-state index is 14.3. The molecule has 232 valence electrons. The minimum Gasteiger partial charge on any atom is -0.493 e. The number of carbonyl (C=O) groups excluding carboxylic acids is 1. The van der Waals surface area contributed by atoms with E-state index in [1.54, 1.807) is 61.5 Å². The zero-order valence-corrected chi connectivity index (χ0v) is 26.5. The second kappa shape index (κ2) is 13.6. The molecule has 7 nitrogen and oxygen atoms in total. The number of nitrogens with zero attached hydrogens (tertiary/aromatic N) is 2. The van der Waals surface area contributed by atoms with Crippen molar-refractivity contribution >= 4 is 40.7 Å². The Morgan fingerprint density at radius 1 is 1.00 bits per heavy atom. The molecule has 4 aromatic carbocycles.